The minimum Gasteiger partial charge on any atom is -0.483 e. The molecule has 1 aliphatic rings. The molecule has 9 heteroatoms. The molecular weight excluding hydrogens is 469 g/mol. The number of hydrogen-bond donors (Lipinski definition) is 0. The smallest absolute Gasteiger partial charge is 0.336 e. The van der Waals surface area contributed by atoms with Crippen LogP contribution in [-0.4, -0.2) is 28.5 Å². The Hall–Kier alpha value is -3.17. The Bertz CT molecular complexity index is 1420. The van der Waals surface area contributed by atoms with Crippen molar-refractivity contribution in [3.05, 3.63) is 81.2 Å². The molecule has 1 atom stereocenters. The fourth-order valence-electron chi connectivity index (χ4n) is 4.52. The molecule has 0 saturated heterocycles. The minimum atomic E-state index is -0.431. The molecule has 4 aromatic rings. The lowest BCUT2D eigenvalue weighted by Crippen LogP contribution is -2.17. The van der Waals surface area contributed by atoms with Gasteiger partial charge in [-0.15, -0.1) is 10.2 Å². The van der Waals surface area contributed by atoms with Crippen LogP contribution in [0.3, 0.4) is 0 Å². The Labute approximate surface area is 206 Å². The number of rotatable bonds is 9. The zero-order chi connectivity index (χ0) is 24.4. The lowest BCUT2D eigenvalue weighted by molar-refractivity contribution is 0.154. The first kappa shape index (κ1) is 23.6. The standard InChI is InChI=1S/C26H26FN3O4S/c1-16(13-32-2)30-24(14-33-22-9-4-3-8-21(22)27)28-29-26(30)35-15-19-12-25(31)34-23-11-18-7-5-6-17(18)10-20(19)23/h3-4,8-12,16H,5-7,13-15H2,1-2H3. The summed E-state index contributed by atoms with van der Waals surface area (Å²) in [6.45, 7) is 2.51. The summed E-state index contributed by atoms with van der Waals surface area (Å²) in [6, 6.07) is 11.9. The number of ether oxygens (including phenoxy) is 2. The third kappa shape index (κ3) is 4.97. The first-order valence-corrected chi connectivity index (χ1v) is 12.5. The van der Waals surface area contributed by atoms with Gasteiger partial charge in [0, 0.05) is 24.3 Å². The molecule has 0 spiro atoms. The highest BCUT2D eigenvalue weighted by Crippen LogP contribution is 2.32. The summed E-state index contributed by atoms with van der Waals surface area (Å²) in [7, 11) is 1.64. The molecule has 182 valence electrons. The van der Waals surface area contributed by atoms with Gasteiger partial charge in [0.05, 0.1) is 12.6 Å². The van der Waals surface area contributed by atoms with E-state index in [1.165, 1.54) is 29.0 Å². The number of hydrogen-bond acceptors (Lipinski definition) is 7. The maximum atomic E-state index is 14.0. The van der Waals surface area contributed by atoms with Crippen molar-refractivity contribution >= 4 is 22.7 Å². The second kappa shape index (κ2) is 10.2. The minimum absolute atomic E-state index is 0.0620. The Morgan fingerprint density at radius 3 is 2.77 bits per heavy atom. The highest BCUT2D eigenvalue weighted by Gasteiger charge is 2.20. The summed E-state index contributed by atoms with van der Waals surface area (Å²) >= 11 is 1.48. The number of para-hydroxylation sites is 1. The number of benzene rings is 2. The Morgan fingerprint density at radius 1 is 1.17 bits per heavy atom. The monoisotopic (exact) mass is 495 g/mol. The normalized spacial score (nSPS) is 13.8. The summed E-state index contributed by atoms with van der Waals surface area (Å²) in [5.41, 5.74) is 3.75. The molecule has 2 aromatic carbocycles. The molecule has 0 aliphatic heterocycles. The largest absolute Gasteiger partial charge is 0.483 e. The lowest BCUT2D eigenvalue weighted by Gasteiger charge is -2.17. The van der Waals surface area contributed by atoms with Gasteiger partial charge in [0.25, 0.3) is 0 Å². The van der Waals surface area contributed by atoms with Crippen LogP contribution in [0, 0.1) is 5.82 Å². The molecule has 1 unspecified atom stereocenters. The van der Waals surface area contributed by atoms with Gasteiger partial charge in [-0.2, -0.15) is 0 Å². The maximum absolute atomic E-state index is 14.0. The van der Waals surface area contributed by atoms with Crippen molar-refractivity contribution in [2.75, 3.05) is 13.7 Å². The SMILES string of the molecule is COCC(C)n1c(COc2ccccc2F)nnc1SCc1cc(=O)oc2cc3c(cc12)CCC3. The Kier molecular flexibility index (Phi) is 6.88. The first-order valence-electron chi connectivity index (χ1n) is 11.5. The van der Waals surface area contributed by atoms with Gasteiger partial charge in [0.2, 0.25) is 0 Å². The fraction of sp³-hybridized carbons (Fsp3) is 0.346. The summed E-state index contributed by atoms with van der Waals surface area (Å²) in [4.78, 5) is 12.3. The van der Waals surface area contributed by atoms with Crippen molar-refractivity contribution in [3.63, 3.8) is 0 Å². The molecule has 7 nitrogen and oxygen atoms in total. The van der Waals surface area contributed by atoms with Crippen LogP contribution < -0.4 is 10.4 Å². The van der Waals surface area contributed by atoms with Crippen LogP contribution in [0.4, 0.5) is 4.39 Å². The molecule has 0 radical (unpaired) electrons. The molecule has 0 fully saturated rings. The van der Waals surface area contributed by atoms with E-state index >= 15 is 0 Å². The fourth-order valence-corrected chi connectivity index (χ4v) is 5.57. The van der Waals surface area contributed by atoms with E-state index in [0.717, 1.165) is 30.2 Å². The molecule has 35 heavy (non-hydrogen) atoms. The zero-order valence-electron chi connectivity index (χ0n) is 19.6. The van der Waals surface area contributed by atoms with E-state index in [0.29, 0.717) is 28.9 Å². The van der Waals surface area contributed by atoms with Crippen LogP contribution in [0.2, 0.25) is 0 Å². The van der Waals surface area contributed by atoms with E-state index in [2.05, 4.69) is 16.3 Å². The zero-order valence-corrected chi connectivity index (χ0v) is 20.4. The molecule has 0 amide bonds. The van der Waals surface area contributed by atoms with Crippen LogP contribution in [0.1, 0.15) is 41.9 Å². The average Bonchev–Trinajstić information content (AvgIpc) is 3.47. The molecule has 0 bridgehead atoms. The van der Waals surface area contributed by atoms with E-state index in [-0.39, 0.29) is 24.0 Å². The first-order chi connectivity index (χ1) is 17.0. The van der Waals surface area contributed by atoms with E-state index in [9.17, 15) is 9.18 Å². The van der Waals surface area contributed by atoms with Gasteiger partial charge in [-0.05, 0) is 67.1 Å². The second-order valence-corrected chi connectivity index (χ2v) is 9.58. The molecular formula is C26H26FN3O4S. The predicted molar refractivity (Wildman–Crippen MR) is 131 cm³/mol. The number of nitrogens with zero attached hydrogens (tertiary/aromatic N) is 3. The number of halogens is 1. The summed E-state index contributed by atoms with van der Waals surface area (Å²) in [5.74, 6) is 0.813. The van der Waals surface area contributed by atoms with Crippen molar-refractivity contribution in [1.82, 2.24) is 14.8 Å². The molecule has 0 N–H and O–H groups in total. The third-order valence-corrected chi connectivity index (χ3v) is 7.17. The number of aryl methyl sites for hydroxylation is 2. The Morgan fingerprint density at radius 2 is 1.97 bits per heavy atom. The van der Waals surface area contributed by atoms with Gasteiger partial charge < -0.3 is 13.9 Å². The van der Waals surface area contributed by atoms with Gasteiger partial charge in [-0.25, -0.2) is 9.18 Å². The van der Waals surface area contributed by atoms with Gasteiger partial charge in [0.1, 0.15) is 12.2 Å². The van der Waals surface area contributed by atoms with Crippen molar-refractivity contribution in [2.24, 2.45) is 0 Å². The van der Waals surface area contributed by atoms with E-state index < -0.39 is 5.82 Å². The highest BCUT2D eigenvalue weighted by molar-refractivity contribution is 7.98. The predicted octanol–water partition coefficient (Wildman–Crippen LogP) is 5.09. The van der Waals surface area contributed by atoms with Gasteiger partial charge in [-0.3, -0.25) is 4.57 Å². The van der Waals surface area contributed by atoms with E-state index in [1.807, 2.05) is 17.6 Å². The molecule has 2 aromatic heterocycles. The number of fused-ring (bicyclic) bond motifs is 2. The summed E-state index contributed by atoms with van der Waals surface area (Å²) < 4.78 is 32.5. The van der Waals surface area contributed by atoms with E-state index in [4.69, 9.17) is 13.9 Å². The third-order valence-electron chi connectivity index (χ3n) is 6.18. The van der Waals surface area contributed by atoms with E-state index in [1.54, 1.807) is 31.4 Å². The van der Waals surface area contributed by atoms with Crippen LogP contribution in [0.5, 0.6) is 5.75 Å². The molecule has 0 saturated carbocycles. The van der Waals surface area contributed by atoms with Crippen LogP contribution in [0.25, 0.3) is 11.0 Å². The highest BCUT2D eigenvalue weighted by atomic mass is 32.2. The summed E-state index contributed by atoms with van der Waals surface area (Å²) in [6.07, 6.45) is 3.19. The van der Waals surface area contributed by atoms with Crippen LogP contribution >= 0.6 is 11.8 Å². The summed E-state index contributed by atoms with van der Waals surface area (Å²) in [5, 5.41) is 10.3. The molecule has 5 rings (SSSR count). The molecule has 1 aliphatic carbocycles. The number of aromatic nitrogens is 3. The van der Waals surface area contributed by atoms with Gasteiger partial charge >= 0.3 is 5.63 Å². The lowest BCUT2D eigenvalue weighted by atomic mass is 10.0. The second-order valence-electron chi connectivity index (χ2n) is 8.64. The molecule has 2 heterocycles. The average molecular weight is 496 g/mol. The quantitative estimate of drug-likeness (QED) is 0.236. The topological polar surface area (TPSA) is 79.4 Å². The van der Waals surface area contributed by atoms with Gasteiger partial charge in [0.15, 0.2) is 22.5 Å². The van der Waals surface area contributed by atoms with Crippen molar-refractivity contribution in [1.29, 1.82) is 0 Å². The van der Waals surface area contributed by atoms with Gasteiger partial charge in [-0.1, -0.05) is 23.9 Å². The number of thioether (sulfide) groups is 1. The van der Waals surface area contributed by atoms with Crippen molar-refractivity contribution in [3.8, 4) is 5.75 Å². The maximum Gasteiger partial charge on any atom is 0.336 e. The van der Waals surface area contributed by atoms with Crippen LogP contribution in [-0.2, 0) is 29.9 Å². The van der Waals surface area contributed by atoms with Crippen LogP contribution in [0.15, 0.2) is 56.8 Å². The number of methoxy groups -OCH3 is 1. The van der Waals surface area contributed by atoms with Crippen molar-refractivity contribution < 1.29 is 18.3 Å². The Balaban J connectivity index is 1.42. The van der Waals surface area contributed by atoms with Crippen molar-refractivity contribution in [2.45, 2.75) is 49.7 Å².